The highest BCUT2D eigenvalue weighted by Gasteiger charge is 2.21. The number of piperidine rings is 1. The lowest BCUT2D eigenvalue weighted by atomic mass is 9.96. The van der Waals surface area contributed by atoms with Gasteiger partial charge in [0.25, 0.3) is 0 Å². The number of nitrogens with one attached hydrogen (secondary N) is 1. The summed E-state index contributed by atoms with van der Waals surface area (Å²) >= 11 is 1.46. The molecule has 1 saturated heterocycles. The summed E-state index contributed by atoms with van der Waals surface area (Å²) in [7, 11) is 0. The number of hydrogen-bond acceptors (Lipinski definition) is 5. The Labute approximate surface area is 207 Å². The summed E-state index contributed by atoms with van der Waals surface area (Å²) in [6, 6.07) is 20.6. The number of benzene rings is 2. The van der Waals surface area contributed by atoms with Gasteiger partial charge in [-0.3, -0.25) is 9.69 Å². The van der Waals surface area contributed by atoms with Gasteiger partial charge in [0.2, 0.25) is 5.91 Å². The van der Waals surface area contributed by atoms with Gasteiger partial charge in [0.05, 0.1) is 24.9 Å². The second-order valence-electron chi connectivity index (χ2n) is 9.30. The topological polar surface area (TPSA) is 63.1 Å². The first kappa shape index (κ1) is 24.5. The third kappa shape index (κ3) is 6.70. The minimum Gasteiger partial charge on any atom is -0.348 e. The Kier molecular flexibility index (Phi) is 8.77. The van der Waals surface area contributed by atoms with Gasteiger partial charge in [0, 0.05) is 0 Å². The number of carbonyl (C=O) groups excluding carboxylic acids is 1. The van der Waals surface area contributed by atoms with E-state index >= 15 is 0 Å². The number of likely N-dealkylation sites (tertiary alicyclic amines) is 1. The first-order valence-electron chi connectivity index (χ1n) is 12.3. The lowest BCUT2D eigenvalue weighted by Gasteiger charge is -2.26. The molecule has 2 aromatic carbocycles. The monoisotopic (exact) mass is 477 g/mol. The van der Waals surface area contributed by atoms with E-state index in [1.165, 1.54) is 36.6 Å². The fourth-order valence-corrected chi connectivity index (χ4v) is 5.19. The first-order valence-corrected chi connectivity index (χ1v) is 13.2. The van der Waals surface area contributed by atoms with E-state index in [4.69, 9.17) is 0 Å². The number of amides is 1. The molecule has 1 N–H and O–H groups in total. The SMILES string of the molecule is CC(C)C(NC(=O)CSc1nnc(CN2CCCCC2)n1Cc1ccccc1)c1ccccc1. The third-order valence-electron chi connectivity index (χ3n) is 6.26. The average Bonchev–Trinajstić information content (AvgIpc) is 3.23. The van der Waals surface area contributed by atoms with E-state index < -0.39 is 0 Å². The zero-order valence-electron chi connectivity index (χ0n) is 20.2. The van der Waals surface area contributed by atoms with Crippen molar-refractivity contribution in [1.82, 2.24) is 25.0 Å². The molecule has 1 aliphatic heterocycles. The van der Waals surface area contributed by atoms with Crippen molar-refractivity contribution in [3.63, 3.8) is 0 Å². The summed E-state index contributed by atoms with van der Waals surface area (Å²) in [6.45, 7) is 8.00. The molecule has 1 atom stereocenters. The highest BCUT2D eigenvalue weighted by Crippen LogP contribution is 2.24. The van der Waals surface area contributed by atoms with Crippen LogP contribution in [-0.4, -0.2) is 44.4 Å². The van der Waals surface area contributed by atoms with E-state index in [2.05, 4.69) is 75.2 Å². The number of rotatable bonds is 10. The smallest absolute Gasteiger partial charge is 0.230 e. The van der Waals surface area contributed by atoms with Gasteiger partial charge in [-0.25, -0.2) is 0 Å². The van der Waals surface area contributed by atoms with Crippen LogP contribution in [0.2, 0.25) is 0 Å². The molecule has 1 aliphatic rings. The minimum absolute atomic E-state index is 0.00819. The van der Waals surface area contributed by atoms with Gasteiger partial charge in [0.15, 0.2) is 5.16 Å². The highest BCUT2D eigenvalue weighted by atomic mass is 32.2. The van der Waals surface area contributed by atoms with Crippen molar-refractivity contribution in [3.8, 4) is 0 Å². The zero-order chi connectivity index (χ0) is 23.8. The van der Waals surface area contributed by atoms with E-state index in [9.17, 15) is 4.79 Å². The van der Waals surface area contributed by atoms with Crippen molar-refractivity contribution in [1.29, 1.82) is 0 Å². The molecule has 6 nitrogen and oxygen atoms in total. The van der Waals surface area contributed by atoms with Crippen LogP contribution in [0.25, 0.3) is 0 Å². The summed E-state index contributed by atoms with van der Waals surface area (Å²) < 4.78 is 2.18. The maximum atomic E-state index is 12.9. The molecule has 0 aliphatic carbocycles. The van der Waals surface area contributed by atoms with Crippen LogP contribution in [-0.2, 0) is 17.9 Å². The zero-order valence-corrected chi connectivity index (χ0v) is 21.0. The summed E-state index contributed by atoms with van der Waals surface area (Å²) in [5.74, 6) is 1.60. The molecule has 1 aromatic heterocycles. The van der Waals surface area contributed by atoms with Crippen LogP contribution >= 0.6 is 11.8 Å². The van der Waals surface area contributed by atoms with Gasteiger partial charge in [0.1, 0.15) is 5.82 Å². The Morgan fingerprint density at radius 3 is 2.29 bits per heavy atom. The summed E-state index contributed by atoms with van der Waals surface area (Å²) in [4.78, 5) is 15.4. The predicted octanol–water partition coefficient (Wildman–Crippen LogP) is 4.92. The molecule has 0 bridgehead atoms. The number of thioether (sulfide) groups is 1. The molecular formula is C27H35N5OS. The Balaban J connectivity index is 1.45. The molecule has 180 valence electrons. The molecule has 4 rings (SSSR count). The van der Waals surface area contributed by atoms with E-state index in [0.717, 1.165) is 36.2 Å². The van der Waals surface area contributed by atoms with Crippen LogP contribution in [0.3, 0.4) is 0 Å². The predicted molar refractivity (Wildman–Crippen MR) is 138 cm³/mol. The lowest BCUT2D eigenvalue weighted by molar-refractivity contribution is -0.119. The maximum Gasteiger partial charge on any atom is 0.230 e. The molecule has 1 fully saturated rings. The molecule has 0 radical (unpaired) electrons. The minimum atomic E-state index is -0.00819. The number of hydrogen-bond donors (Lipinski definition) is 1. The third-order valence-corrected chi connectivity index (χ3v) is 7.23. The van der Waals surface area contributed by atoms with Crippen LogP contribution in [0.4, 0.5) is 0 Å². The van der Waals surface area contributed by atoms with Crippen LogP contribution < -0.4 is 5.32 Å². The molecule has 3 aromatic rings. The van der Waals surface area contributed by atoms with Gasteiger partial charge in [-0.1, -0.05) is 92.7 Å². The Bertz CT molecular complexity index is 1030. The van der Waals surface area contributed by atoms with E-state index in [0.29, 0.717) is 18.2 Å². The molecule has 7 heteroatoms. The fraction of sp³-hybridized carbons (Fsp3) is 0.444. The molecule has 0 saturated carbocycles. The largest absolute Gasteiger partial charge is 0.348 e. The van der Waals surface area contributed by atoms with Crippen LogP contribution in [0.1, 0.15) is 56.1 Å². The average molecular weight is 478 g/mol. The van der Waals surface area contributed by atoms with Crippen molar-refractivity contribution in [2.24, 2.45) is 5.92 Å². The number of aromatic nitrogens is 3. The van der Waals surface area contributed by atoms with E-state index in [1.54, 1.807) is 0 Å². The lowest BCUT2D eigenvalue weighted by Crippen LogP contribution is -2.33. The summed E-state index contributed by atoms with van der Waals surface area (Å²) in [5.41, 5.74) is 2.34. The molecule has 1 unspecified atom stereocenters. The van der Waals surface area contributed by atoms with E-state index in [1.807, 2.05) is 24.3 Å². The van der Waals surface area contributed by atoms with Crippen molar-refractivity contribution in [2.45, 2.75) is 57.4 Å². The first-order chi connectivity index (χ1) is 16.6. The molecule has 34 heavy (non-hydrogen) atoms. The fourth-order valence-electron chi connectivity index (χ4n) is 4.43. The Morgan fingerprint density at radius 1 is 0.941 bits per heavy atom. The molecule has 2 heterocycles. The quantitative estimate of drug-likeness (QED) is 0.420. The van der Waals surface area contributed by atoms with Crippen molar-refractivity contribution in [3.05, 3.63) is 77.6 Å². The maximum absolute atomic E-state index is 12.9. The van der Waals surface area contributed by atoms with Gasteiger partial charge >= 0.3 is 0 Å². The second-order valence-corrected chi connectivity index (χ2v) is 10.2. The summed E-state index contributed by atoms with van der Waals surface area (Å²) in [6.07, 6.45) is 3.80. The van der Waals surface area contributed by atoms with Gasteiger partial charge in [-0.15, -0.1) is 10.2 Å². The number of nitrogens with zero attached hydrogens (tertiary/aromatic N) is 4. The number of carbonyl (C=O) groups is 1. The van der Waals surface area contributed by atoms with Gasteiger partial charge < -0.3 is 9.88 Å². The van der Waals surface area contributed by atoms with Crippen LogP contribution in [0, 0.1) is 5.92 Å². The normalized spacial score (nSPS) is 15.4. The van der Waals surface area contributed by atoms with Crippen molar-refractivity contribution in [2.75, 3.05) is 18.8 Å². The Hall–Kier alpha value is -2.64. The van der Waals surface area contributed by atoms with Crippen LogP contribution in [0.15, 0.2) is 65.8 Å². The molecular weight excluding hydrogens is 442 g/mol. The highest BCUT2D eigenvalue weighted by molar-refractivity contribution is 7.99. The molecule has 1 amide bonds. The molecule has 0 spiro atoms. The van der Waals surface area contributed by atoms with E-state index in [-0.39, 0.29) is 11.9 Å². The Morgan fingerprint density at radius 2 is 1.62 bits per heavy atom. The van der Waals surface area contributed by atoms with Crippen molar-refractivity contribution < 1.29 is 4.79 Å². The van der Waals surface area contributed by atoms with Gasteiger partial charge in [-0.2, -0.15) is 0 Å². The van der Waals surface area contributed by atoms with Crippen molar-refractivity contribution >= 4 is 17.7 Å². The second kappa shape index (κ2) is 12.2. The van der Waals surface area contributed by atoms with Crippen LogP contribution in [0.5, 0.6) is 0 Å². The summed E-state index contributed by atoms with van der Waals surface area (Å²) in [5, 5.41) is 13.0. The van der Waals surface area contributed by atoms with Gasteiger partial charge in [-0.05, 0) is 43.0 Å². The standard InChI is InChI=1S/C27H35N5OS/c1-21(2)26(23-14-8-4-9-15-23)28-25(33)20-34-27-30-29-24(19-31-16-10-5-11-17-31)32(27)18-22-12-6-3-7-13-22/h3-4,6-9,12-15,21,26H,5,10-11,16-20H2,1-2H3,(H,28,33).